The third-order valence-corrected chi connectivity index (χ3v) is 11.9. The van der Waals surface area contributed by atoms with Crippen molar-refractivity contribution in [1.29, 1.82) is 0 Å². The summed E-state index contributed by atoms with van der Waals surface area (Å²) >= 11 is 6.42. The SMILES string of the molecule is C=CC(=O)Nc1cccc(CNc2nc(Nc3ccc(N4CCN(CCNC(=O)CC5[C@H]6CC7C[C@@H](C[C@H]5C)C76)CC4)cc3OC)ncc2Cl)c1. The van der Waals surface area contributed by atoms with E-state index in [1.54, 1.807) is 13.3 Å². The fraction of sp³-hybridized carbons (Fsp3) is 0.487. The summed E-state index contributed by atoms with van der Waals surface area (Å²) in [4.78, 5) is 38.3. The summed E-state index contributed by atoms with van der Waals surface area (Å²) in [6, 6.07) is 13.6. The van der Waals surface area contributed by atoms with Crippen LogP contribution in [0.1, 0.15) is 38.2 Å². The number of rotatable bonds is 14. The minimum atomic E-state index is -0.268. The molecule has 3 aromatic rings. The fourth-order valence-electron chi connectivity index (χ4n) is 8.96. The van der Waals surface area contributed by atoms with E-state index >= 15 is 0 Å². The van der Waals surface area contributed by atoms with Gasteiger partial charge in [-0.2, -0.15) is 4.98 Å². The van der Waals surface area contributed by atoms with Crippen molar-refractivity contribution in [3.63, 3.8) is 0 Å². The van der Waals surface area contributed by atoms with Crippen molar-refractivity contribution >= 4 is 52.2 Å². The first-order chi connectivity index (χ1) is 24.8. The molecular weight excluding hydrogens is 664 g/mol. The molecule has 0 spiro atoms. The highest BCUT2D eigenvalue weighted by Crippen LogP contribution is 2.66. The number of carbonyl (C=O) groups excluding carboxylic acids is 2. The highest BCUT2D eigenvalue weighted by molar-refractivity contribution is 6.32. The van der Waals surface area contributed by atoms with E-state index in [-0.39, 0.29) is 11.8 Å². The highest BCUT2D eigenvalue weighted by atomic mass is 35.5. The van der Waals surface area contributed by atoms with Gasteiger partial charge in [0.2, 0.25) is 17.8 Å². The number of anilines is 5. The Morgan fingerprint density at radius 3 is 2.69 bits per heavy atom. The van der Waals surface area contributed by atoms with E-state index in [0.717, 1.165) is 73.3 Å². The molecule has 1 saturated heterocycles. The maximum atomic E-state index is 12.9. The number of nitrogens with one attached hydrogen (secondary N) is 4. The average molecular weight is 713 g/mol. The normalized spacial score (nSPS) is 25.0. The largest absolute Gasteiger partial charge is 0.494 e. The van der Waals surface area contributed by atoms with E-state index in [9.17, 15) is 9.59 Å². The van der Waals surface area contributed by atoms with Gasteiger partial charge in [-0.05, 0) is 90.7 Å². The van der Waals surface area contributed by atoms with E-state index in [2.05, 4.69) is 60.6 Å². The number of benzene rings is 2. The van der Waals surface area contributed by atoms with Crippen molar-refractivity contribution in [1.82, 2.24) is 20.2 Å². The number of ether oxygens (including phenoxy) is 1. The maximum absolute atomic E-state index is 12.9. The molecule has 4 fully saturated rings. The van der Waals surface area contributed by atoms with Gasteiger partial charge in [-0.15, -0.1) is 0 Å². The third-order valence-electron chi connectivity index (χ3n) is 11.6. The number of amides is 2. The Bertz CT molecular complexity index is 1750. The van der Waals surface area contributed by atoms with Gasteiger partial charge in [0.15, 0.2) is 5.82 Å². The maximum Gasteiger partial charge on any atom is 0.247 e. The molecule has 3 unspecified atom stereocenters. The van der Waals surface area contributed by atoms with Crippen LogP contribution >= 0.6 is 11.6 Å². The fourth-order valence-corrected chi connectivity index (χ4v) is 9.11. The van der Waals surface area contributed by atoms with Crippen LogP contribution in [0.25, 0.3) is 0 Å². The Morgan fingerprint density at radius 1 is 1.08 bits per heavy atom. The van der Waals surface area contributed by atoms with Crippen LogP contribution < -0.4 is 30.9 Å². The number of piperazine rings is 1. The van der Waals surface area contributed by atoms with Gasteiger partial charge in [0.25, 0.3) is 0 Å². The lowest BCUT2D eigenvalue weighted by atomic mass is 9.39. The lowest BCUT2D eigenvalue weighted by molar-refractivity contribution is -0.170. The second kappa shape index (κ2) is 15.5. The number of halogens is 1. The molecule has 51 heavy (non-hydrogen) atoms. The summed E-state index contributed by atoms with van der Waals surface area (Å²) < 4.78 is 5.76. The Morgan fingerprint density at radius 2 is 1.90 bits per heavy atom. The van der Waals surface area contributed by atoms with Gasteiger partial charge in [-0.1, -0.05) is 37.2 Å². The van der Waals surface area contributed by atoms with Crippen molar-refractivity contribution in [2.45, 2.75) is 39.2 Å². The monoisotopic (exact) mass is 712 g/mol. The zero-order valence-electron chi connectivity index (χ0n) is 29.5. The van der Waals surface area contributed by atoms with Crippen LogP contribution in [0.4, 0.5) is 28.8 Å². The summed E-state index contributed by atoms with van der Waals surface area (Å²) in [5.41, 5.74) is 3.44. The minimum absolute atomic E-state index is 0.238. The predicted molar refractivity (Wildman–Crippen MR) is 203 cm³/mol. The number of carbonyl (C=O) groups is 2. The second-order valence-corrected chi connectivity index (χ2v) is 15.0. The first-order valence-corrected chi connectivity index (χ1v) is 18.6. The van der Waals surface area contributed by atoms with E-state index < -0.39 is 0 Å². The van der Waals surface area contributed by atoms with Crippen LogP contribution in [-0.4, -0.2) is 73.1 Å². The second-order valence-electron chi connectivity index (χ2n) is 14.6. The molecule has 1 aromatic heterocycles. The van der Waals surface area contributed by atoms with Gasteiger partial charge in [0.05, 0.1) is 19.0 Å². The van der Waals surface area contributed by atoms with E-state index in [4.69, 9.17) is 16.3 Å². The number of hydrogen-bond acceptors (Lipinski definition) is 9. The molecule has 2 heterocycles. The van der Waals surface area contributed by atoms with Crippen molar-refractivity contribution in [3.05, 3.63) is 71.9 Å². The molecule has 1 aliphatic heterocycles. The molecule has 0 bridgehead atoms. The number of nitrogens with zero attached hydrogens (tertiary/aromatic N) is 4. The van der Waals surface area contributed by atoms with Crippen molar-refractivity contribution in [2.75, 3.05) is 67.2 Å². The lowest BCUT2D eigenvalue weighted by Crippen LogP contribution is -2.59. The molecule has 6 atom stereocenters. The molecular formula is C39H49ClN8O3. The summed E-state index contributed by atoms with van der Waals surface area (Å²) in [7, 11) is 1.65. The Kier molecular flexibility index (Phi) is 10.7. The molecule has 3 aliphatic carbocycles. The highest BCUT2D eigenvalue weighted by Gasteiger charge is 2.59. The van der Waals surface area contributed by atoms with Crippen LogP contribution in [0.15, 0.2) is 61.3 Å². The Hall–Kier alpha value is -4.35. The summed E-state index contributed by atoms with van der Waals surface area (Å²) in [5.74, 6) is 6.46. The standard InChI is InChI=1S/C39H49ClN8O3/c1-4-35(49)44-28-7-5-6-25(17-28)22-42-38-32(40)23-43-39(46-38)45-33-9-8-29(20-34(33)51-3)48-14-12-47(13-15-48)11-10-41-36(50)21-30-24(2)16-26-18-27-19-31(30)37(26)27/h4-9,17,20,23-24,26-27,30-31,37H,1,10-16,18-19,21-22H2,2-3H3,(H,41,50)(H,44,49)(H2,42,43,45,46)/t24-,26-,27?,30?,31-,37?/m1/s1. The molecule has 2 amide bonds. The van der Waals surface area contributed by atoms with Crippen molar-refractivity contribution in [3.8, 4) is 5.75 Å². The quantitative estimate of drug-likeness (QED) is 0.145. The van der Waals surface area contributed by atoms with E-state index in [1.807, 2.05) is 36.4 Å². The summed E-state index contributed by atoms with van der Waals surface area (Å²) in [6.45, 7) is 11.6. The molecule has 2 aromatic carbocycles. The molecule has 7 rings (SSSR count). The molecule has 4 N–H and O–H groups in total. The van der Waals surface area contributed by atoms with Crippen LogP contribution in [0.3, 0.4) is 0 Å². The smallest absolute Gasteiger partial charge is 0.247 e. The lowest BCUT2D eigenvalue weighted by Gasteiger charge is -2.65. The van der Waals surface area contributed by atoms with Crippen LogP contribution in [0.5, 0.6) is 5.75 Å². The van der Waals surface area contributed by atoms with E-state index in [0.29, 0.717) is 59.6 Å². The van der Waals surface area contributed by atoms with E-state index in [1.165, 1.54) is 25.3 Å². The molecule has 4 aliphatic rings. The van der Waals surface area contributed by atoms with Gasteiger partial charge < -0.3 is 30.9 Å². The Balaban J connectivity index is 0.872. The van der Waals surface area contributed by atoms with Gasteiger partial charge in [0.1, 0.15) is 10.8 Å². The van der Waals surface area contributed by atoms with Gasteiger partial charge >= 0.3 is 0 Å². The number of hydrogen-bond donors (Lipinski definition) is 4. The molecule has 3 saturated carbocycles. The third kappa shape index (κ3) is 7.94. The molecule has 11 nitrogen and oxygen atoms in total. The zero-order valence-corrected chi connectivity index (χ0v) is 30.3. The van der Waals surface area contributed by atoms with Gasteiger partial charge in [0, 0.05) is 69.7 Å². The molecule has 270 valence electrons. The summed E-state index contributed by atoms with van der Waals surface area (Å²) in [6.07, 6.45) is 7.64. The molecule has 12 heteroatoms. The predicted octanol–water partition coefficient (Wildman–Crippen LogP) is 6.18. The van der Waals surface area contributed by atoms with Crippen molar-refractivity contribution < 1.29 is 14.3 Å². The van der Waals surface area contributed by atoms with Gasteiger partial charge in [-0.25, -0.2) is 4.98 Å². The topological polar surface area (TPSA) is 124 Å². The van der Waals surface area contributed by atoms with Crippen LogP contribution in [0.2, 0.25) is 5.02 Å². The Labute approximate surface area is 305 Å². The average Bonchev–Trinajstić information content (AvgIpc) is 3.12. The van der Waals surface area contributed by atoms with Crippen LogP contribution in [0, 0.1) is 35.5 Å². The van der Waals surface area contributed by atoms with Gasteiger partial charge in [-0.3, -0.25) is 14.5 Å². The van der Waals surface area contributed by atoms with Crippen molar-refractivity contribution in [2.24, 2.45) is 35.5 Å². The zero-order chi connectivity index (χ0) is 35.5. The molecule has 0 radical (unpaired) electrons. The first kappa shape index (κ1) is 35.1. The summed E-state index contributed by atoms with van der Waals surface area (Å²) in [5, 5.41) is 12.9. The number of methoxy groups -OCH3 is 1. The first-order valence-electron chi connectivity index (χ1n) is 18.3. The number of aromatic nitrogens is 2. The van der Waals surface area contributed by atoms with Crippen LogP contribution in [-0.2, 0) is 16.1 Å². The minimum Gasteiger partial charge on any atom is -0.494 e.